The van der Waals surface area contributed by atoms with Crippen molar-refractivity contribution in [1.29, 1.82) is 0 Å². The fourth-order valence-electron chi connectivity index (χ4n) is 0.699. The van der Waals surface area contributed by atoms with E-state index in [2.05, 4.69) is 11.8 Å². The summed E-state index contributed by atoms with van der Waals surface area (Å²) in [5.74, 6) is -0.562. The van der Waals surface area contributed by atoms with Crippen LogP contribution in [0.1, 0.15) is 26.7 Å². The monoisotopic (exact) mass is 322 g/mol. The second-order valence-electron chi connectivity index (χ2n) is 5.53. The van der Waals surface area contributed by atoms with Crippen molar-refractivity contribution in [3.05, 3.63) is 11.6 Å². The topological polar surface area (TPSA) is 76.0 Å². The molecule has 1 unspecified atom stereocenters. The number of aliphatic hydroxyl groups excluding tert-OH is 2. The number of aliphatic hydroxyl groups is 2. The Hall–Kier alpha value is -0.476. The molecule has 1 atom stereocenters. The SMILES string of the molecule is CC(=CCC(O)CO)C(=O)OO[Si](C)(C)C.CCC[SiH3]. The number of carbonyl (C=O) groups is 1. The van der Waals surface area contributed by atoms with Crippen LogP contribution >= 0.6 is 0 Å². The minimum Gasteiger partial charge on any atom is -0.394 e. The summed E-state index contributed by atoms with van der Waals surface area (Å²) in [5.41, 5.74) is 0.353. The first kappa shape index (κ1) is 21.8. The number of hydrogen-bond donors (Lipinski definition) is 2. The van der Waals surface area contributed by atoms with E-state index in [-0.39, 0.29) is 13.0 Å². The second-order valence-corrected chi connectivity index (χ2v) is 10.9. The first-order chi connectivity index (χ1) is 9.17. The Kier molecular flexibility index (Phi) is 13.4. The summed E-state index contributed by atoms with van der Waals surface area (Å²) < 4.78 is 4.98. The first-order valence-corrected chi connectivity index (χ1v) is 11.9. The standard InChI is InChI=1S/C10H20O5Si.C3H10Si/c1-8(5-6-9(12)7-11)10(13)14-15-16(2,3)4;1-2-3-4/h5,9,11-12H,6-7H2,1-4H3;2-3H2,1,4H3. The fraction of sp³-hybridized carbons (Fsp3) is 0.769. The summed E-state index contributed by atoms with van der Waals surface area (Å²) >= 11 is 0. The van der Waals surface area contributed by atoms with Gasteiger partial charge in [-0.15, -0.1) is 0 Å². The minimum absolute atomic E-state index is 0.213. The predicted molar refractivity (Wildman–Crippen MR) is 87.0 cm³/mol. The van der Waals surface area contributed by atoms with Gasteiger partial charge in [-0.05, 0) is 33.0 Å². The number of hydrogen-bond acceptors (Lipinski definition) is 5. The normalized spacial score (nSPS) is 13.4. The van der Waals surface area contributed by atoms with E-state index in [4.69, 9.17) is 14.8 Å². The van der Waals surface area contributed by atoms with Gasteiger partial charge in [-0.3, -0.25) is 0 Å². The van der Waals surface area contributed by atoms with Gasteiger partial charge in [0.25, 0.3) is 0 Å². The van der Waals surface area contributed by atoms with Crippen LogP contribution in [0.3, 0.4) is 0 Å². The van der Waals surface area contributed by atoms with Gasteiger partial charge in [0.05, 0.1) is 12.7 Å². The molecule has 0 heterocycles. The zero-order valence-corrected chi connectivity index (χ0v) is 16.6. The zero-order valence-electron chi connectivity index (χ0n) is 13.6. The van der Waals surface area contributed by atoms with E-state index in [1.165, 1.54) is 28.8 Å². The molecule has 0 aliphatic rings. The summed E-state index contributed by atoms with van der Waals surface area (Å²) in [4.78, 5) is 16.0. The third-order valence-electron chi connectivity index (χ3n) is 2.10. The van der Waals surface area contributed by atoms with Crippen molar-refractivity contribution in [1.82, 2.24) is 0 Å². The Morgan fingerprint density at radius 3 is 2.25 bits per heavy atom. The molecule has 120 valence electrons. The molecule has 0 spiro atoms. The predicted octanol–water partition coefficient (Wildman–Crippen LogP) is 1.17. The van der Waals surface area contributed by atoms with Crippen molar-refractivity contribution in [2.75, 3.05) is 6.61 Å². The number of rotatable bonds is 7. The van der Waals surface area contributed by atoms with Crippen LogP contribution in [-0.4, -0.2) is 47.5 Å². The van der Waals surface area contributed by atoms with Gasteiger partial charge in [-0.25, -0.2) is 9.37 Å². The molecule has 0 aromatic rings. The maximum atomic E-state index is 11.4. The molecule has 0 saturated heterocycles. The smallest absolute Gasteiger partial charge is 0.367 e. The second kappa shape index (κ2) is 12.3. The Balaban J connectivity index is 0. The molecule has 0 rings (SSSR count). The lowest BCUT2D eigenvalue weighted by Gasteiger charge is -2.14. The average molecular weight is 323 g/mol. The Labute approximate surface area is 126 Å². The third kappa shape index (κ3) is 15.6. The van der Waals surface area contributed by atoms with Crippen LogP contribution < -0.4 is 0 Å². The largest absolute Gasteiger partial charge is 0.394 e. The van der Waals surface area contributed by atoms with Gasteiger partial charge in [0, 0.05) is 15.8 Å². The highest BCUT2D eigenvalue weighted by molar-refractivity contribution is 6.69. The molecular formula is C13H30O5Si2. The summed E-state index contributed by atoms with van der Waals surface area (Å²) in [7, 11) is -0.488. The molecule has 0 saturated carbocycles. The summed E-state index contributed by atoms with van der Waals surface area (Å²) in [6, 6.07) is 1.46. The van der Waals surface area contributed by atoms with Gasteiger partial charge in [0.15, 0.2) is 0 Å². The van der Waals surface area contributed by atoms with Crippen molar-refractivity contribution >= 4 is 24.5 Å². The van der Waals surface area contributed by atoms with E-state index >= 15 is 0 Å². The molecular weight excluding hydrogens is 292 g/mol. The average Bonchev–Trinajstić information content (AvgIpc) is 2.40. The number of carbonyl (C=O) groups excluding carboxylic acids is 1. The van der Waals surface area contributed by atoms with E-state index in [0.29, 0.717) is 5.57 Å². The molecule has 2 N–H and O–H groups in total. The molecule has 0 amide bonds. The molecule has 0 bridgehead atoms. The van der Waals surface area contributed by atoms with Crippen molar-refractivity contribution in [3.63, 3.8) is 0 Å². The van der Waals surface area contributed by atoms with E-state index in [9.17, 15) is 4.79 Å². The van der Waals surface area contributed by atoms with Crippen molar-refractivity contribution in [2.45, 2.75) is 58.5 Å². The maximum Gasteiger partial charge on any atom is 0.367 e. The highest BCUT2D eigenvalue weighted by atomic mass is 28.4. The summed E-state index contributed by atoms with van der Waals surface area (Å²) in [5, 5.41) is 17.7. The molecule has 5 nitrogen and oxygen atoms in total. The first-order valence-electron chi connectivity index (χ1n) is 7.03. The molecule has 0 aliphatic heterocycles. The molecule has 20 heavy (non-hydrogen) atoms. The molecule has 0 radical (unpaired) electrons. The molecule has 7 heteroatoms. The quantitative estimate of drug-likeness (QED) is 0.318. The van der Waals surface area contributed by atoms with Crippen LogP contribution in [0.25, 0.3) is 0 Å². The molecule has 0 aliphatic carbocycles. The third-order valence-corrected chi connectivity index (χ3v) is 3.68. The molecule has 0 aromatic heterocycles. The van der Waals surface area contributed by atoms with Crippen LogP contribution in [0.4, 0.5) is 0 Å². The van der Waals surface area contributed by atoms with Gasteiger partial charge in [-0.1, -0.05) is 25.5 Å². The van der Waals surface area contributed by atoms with Crippen LogP contribution in [0.2, 0.25) is 25.7 Å². The summed E-state index contributed by atoms with van der Waals surface area (Å²) in [6.07, 6.45) is 2.26. The zero-order chi connectivity index (χ0) is 16.2. The maximum absolute atomic E-state index is 11.4. The van der Waals surface area contributed by atoms with Gasteiger partial charge < -0.3 is 15.1 Å². The Morgan fingerprint density at radius 1 is 1.40 bits per heavy atom. The van der Waals surface area contributed by atoms with Gasteiger partial charge >= 0.3 is 5.97 Å². The summed E-state index contributed by atoms with van der Waals surface area (Å²) in [6.45, 7) is 9.15. The molecule has 0 fully saturated rings. The van der Waals surface area contributed by atoms with Crippen LogP contribution in [0.15, 0.2) is 11.6 Å². The highest BCUT2D eigenvalue weighted by Gasteiger charge is 2.19. The van der Waals surface area contributed by atoms with Gasteiger partial charge in [0.1, 0.15) is 0 Å². The van der Waals surface area contributed by atoms with E-state index in [1.807, 2.05) is 19.6 Å². The van der Waals surface area contributed by atoms with Crippen molar-refractivity contribution in [2.24, 2.45) is 0 Å². The Morgan fingerprint density at radius 2 is 1.90 bits per heavy atom. The minimum atomic E-state index is -1.88. The molecule has 0 aromatic carbocycles. The fourth-order valence-corrected chi connectivity index (χ4v) is 1.02. The van der Waals surface area contributed by atoms with Crippen LogP contribution in [0.5, 0.6) is 0 Å². The Bertz CT molecular complexity index is 285. The van der Waals surface area contributed by atoms with E-state index in [0.717, 1.165) is 0 Å². The van der Waals surface area contributed by atoms with Crippen molar-refractivity contribution in [3.8, 4) is 0 Å². The van der Waals surface area contributed by atoms with Gasteiger partial charge in [0.2, 0.25) is 8.32 Å². The lowest BCUT2D eigenvalue weighted by atomic mass is 10.2. The lowest BCUT2D eigenvalue weighted by molar-refractivity contribution is -0.214. The van der Waals surface area contributed by atoms with Crippen molar-refractivity contribution < 1.29 is 24.5 Å². The van der Waals surface area contributed by atoms with E-state index < -0.39 is 20.4 Å². The van der Waals surface area contributed by atoms with Crippen LogP contribution in [0, 0.1) is 0 Å². The van der Waals surface area contributed by atoms with Crippen LogP contribution in [-0.2, 0) is 14.3 Å². The lowest BCUT2D eigenvalue weighted by Crippen LogP contribution is -2.27. The highest BCUT2D eigenvalue weighted by Crippen LogP contribution is 2.07. The van der Waals surface area contributed by atoms with E-state index in [1.54, 1.807) is 6.92 Å². The van der Waals surface area contributed by atoms with Gasteiger partial charge in [-0.2, -0.15) is 0 Å².